The lowest BCUT2D eigenvalue weighted by atomic mass is 10.1. The van der Waals surface area contributed by atoms with Crippen molar-refractivity contribution < 1.29 is 19.1 Å². The van der Waals surface area contributed by atoms with Gasteiger partial charge in [-0.1, -0.05) is 46.6 Å². The maximum absolute atomic E-state index is 12.8. The molecule has 1 aliphatic rings. The quantitative estimate of drug-likeness (QED) is 0.397. The molecule has 0 aromatic heterocycles. The minimum Gasteiger partial charge on any atom is -0.493 e. The third kappa shape index (κ3) is 5.20. The summed E-state index contributed by atoms with van der Waals surface area (Å²) in [5.74, 6) is 0.611. The summed E-state index contributed by atoms with van der Waals surface area (Å²) in [7, 11) is 1.53. The van der Waals surface area contributed by atoms with Crippen LogP contribution in [0.5, 0.6) is 11.5 Å². The topological polar surface area (TPSA) is 55.8 Å². The maximum atomic E-state index is 12.8. The largest absolute Gasteiger partial charge is 0.493 e. The van der Waals surface area contributed by atoms with E-state index in [1.54, 1.807) is 18.2 Å². The van der Waals surface area contributed by atoms with Crippen LogP contribution in [0.4, 0.5) is 4.79 Å². The fraction of sp³-hybridized carbons (Fsp3) is 0.273. The molecule has 0 N–H and O–H groups in total. The number of hydrogen-bond acceptors (Lipinski definition) is 5. The van der Waals surface area contributed by atoms with Gasteiger partial charge in [0.2, 0.25) is 0 Å². The SMILES string of the molecule is CC[C@@H](C)Oc1c(Cl)cc(/C=C2\SC(=O)N(Cc3ccc(Br)cc3)C2=O)cc1OC. The molecule has 0 unspecified atom stereocenters. The van der Waals surface area contributed by atoms with Crippen LogP contribution in [0.1, 0.15) is 31.4 Å². The van der Waals surface area contributed by atoms with Gasteiger partial charge in [-0.2, -0.15) is 0 Å². The van der Waals surface area contributed by atoms with Crippen molar-refractivity contribution in [1.82, 2.24) is 4.90 Å². The lowest BCUT2D eigenvalue weighted by Crippen LogP contribution is -2.27. The zero-order chi connectivity index (χ0) is 21.8. The van der Waals surface area contributed by atoms with Gasteiger partial charge in [0.05, 0.1) is 29.7 Å². The van der Waals surface area contributed by atoms with Gasteiger partial charge in [-0.25, -0.2) is 0 Å². The van der Waals surface area contributed by atoms with Crippen LogP contribution < -0.4 is 9.47 Å². The molecule has 1 aliphatic heterocycles. The van der Waals surface area contributed by atoms with Gasteiger partial charge in [0.25, 0.3) is 11.1 Å². The Morgan fingerprint density at radius 3 is 2.57 bits per heavy atom. The van der Waals surface area contributed by atoms with Crippen molar-refractivity contribution in [3.63, 3.8) is 0 Å². The fourth-order valence-corrected chi connectivity index (χ4v) is 4.15. The number of imide groups is 1. The van der Waals surface area contributed by atoms with Gasteiger partial charge in [-0.05, 0) is 66.6 Å². The molecule has 0 spiro atoms. The molecule has 0 aliphatic carbocycles. The van der Waals surface area contributed by atoms with Crippen molar-refractivity contribution in [3.05, 3.63) is 61.9 Å². The van der Waals surface area contributed by atoms with Crippen molar-refractivity contribution in [3.8, 4) is 11.5 Å². The first-order chi connectivity index (χ1) is 14.3. The van der Waals surface area contributed by atoms with Crippen LogP contribution in [0.15, 0.2) is 45.8 Å². The average Bonchev–Trinajstić information content (AvgIpc) is 2.98. The molecule has 0 saturated carbocycles. The molecule has 158 valence electrons. The summed E-state index contributed by atoms with van der Waals surface area (Å²) < 4.78 is 12.2. The molecule has 1 atom stereocenters. The van der Waals surface area contributed by atoms with Crippen LogP contribution in [0.2, 0.25) is 5.02 Å². The second-order valence-electron chi connectivity index (χ2n) is 6.77. The summed E-state index contributed by atoms with van der Waals surface area (Å²) in [4.78, 5) is 26.8. The number of ether oxygens (including phenoxy) is 2. The lowest BCUT2D eigenvalue weighted by molar-refractivity contribution is -0.123. The Kier molecular flexibility index (Phi) is 7.50. The predicted octanol–water partition coefficient (Wildman–Crippen LogP) is 6.52. The summed E-state index contributed by atoms with van der Waals surface area (Å²) >= 11 is 10.7. The van der Waals surface area contributed by atoms with Crippen LogP contribution in [0.25, 0.3) is 6.08 Å². The number of carbonyl (C=O) groups is 2. The number of amides is 2. The summed E-state index contributed by atoms with van der Waals surface area (Å²) in [5.41, 5.74) is 1.53. The average molecular weight is 511 g/mol. The van der Waals surface area contributed by atoms with Gasteiger partial charge in [0.15, 0.2) is 11.5 Å². The van der Waals surface area contributed by atoms with Crippen molar-refractivity contribution in [2.24, 2.45) is 0 Å². The molecular weight excluding hydrogens is 490 g/mol. The predicted molar refractivity (Wildman–Crippen MR) is 124 cm³/mol. The van der Waals surface area contributed by atoms with E-state index in [2.05, 4.69) is 15.9 Å². The highest BCUT2D eigenvalue weighted by atomic mass is 79.9. The first kappa shape index (κ1) is 22.7. The number of methoxy groups -OCH3 is 1. The van der Waals surface area contributed by atoms with Crippen LogP contribution in [0, 0.1) is 0 Å². The highest BCUT2D eigenvalue weighted by molar-refractivity contribution is 9.10. The van der Waals surface area contributed by atoms with Crippen molar-refractivity contribution >= 4 is 56.5 Å². The minimum absolute atomic E-state index is 0.0163. The number of nitrogens with zero attached hydrogens (tertiary/aromatic N) is 1. The van der Waals surface area contributed by atoms with Gasteiger partial charge in [0.1, 0.15) is 0 Å². The second kappa shape index (κ2) is 9.90. The van der Waals surface area contributed by atoms with E-state index >= 15 is 0 Å². The number of halogens is 2. The standard InChI is InChI=1S/C22H21BrClNO4S/c1-4-13(2)29-20-17(24)9-15(10-18(20)28-3)11-19-21(26)25(22(27)30-19)12-14-5-7-16(23)8-6-14/h5-11,13H,4,12H2,1-3H3/b19-11-/t13-/m1/s1. The van der Waals surface area contributed by atoms with E-state index in [1.165, 1.54) is 12.0 Å². The first-order valence-electron chi connectivity index (χ1n) is 9.36. The highest BCUT2D eigenvalue weighted by Gasteiger charge is 2.35. The molecule has 8 heteroatoms. The number of thioether (sulfide) groups is 1. The summed E-state index contributed by atoms with van der Waals surface area (Å²) in [6, 6.07) is 10.9. The molecular formula is C22H21BrClNO4S. The van der Waals surface area contributed by atoms with Gasteiger partial charge in [0, 0.05) is 4.47 Å². The van der Waals surface area contributed by atoms with Crippen LogP contribution in [-0.4, -0.2) is 29.3 Å². The molecule has 2 aromatic carbocycles. The van der Waals surface area contributed by atoms with E-state index in [4.69, 9.17) is 21.1 Å². The molecule has 1 fully saturated rings. The van der Waals surface area contributed by atoms with E-state index in [0.29, 0.717) is 27.0 Å². The Bertz CT molecular complexity index is 993. The van der Waals surface area contributed by atoms with Crippen LogP contribution in [-0.2, 0) is 11.3 Å². The number of carbonyl (C=O) groups excluding carboxylic acids is 2. The number of rotatable bonds is 7. The van der Waals surface area contributed by atoms with Crippen molar-refractivity contribution in [1.29, 1.82) is 0 Å². The molecule has 1 heterocycles. The zero-order valence-electron chi connectivity index (χ0n) is 16.8. The highest BCUT2D eigenvalue weighted by Crippen LogP contribution is 2.39. The molecule has 2 amide bonds. The van der Waals surface area contributed by atoms with E-state index in [9.17, 15) is 9.59 Å². The molecule has 1 saturated heterocycles. The van der Waals surface area contributed by atoms with Gasteiger partial charge >= 0.3 is 0 Å². The molecule has 0 radical (unpaired) electrons. The Labute approximate surface area is 193 Å². The minimum atomic E-state index is -0.331. The Balaban J connectivity index is 1.84. The first-order valence-corrected chi connectivity index (χ1v) is 11.3. The van der Waals surface area contributed by atoms with Gasteiger partial charge in [-0.3, -0.25) is 14.5 Å². The van der Waals surface area contributed by atoms with Crippen LogP contribution in [0.3, 0.4) is 0 Å². The Morgan fingerprint density at radius 2 is 1.93 bits per heavy atom. The third-order valence-corrected chi connectivity index (χ3v) is 6.29. The van der Waals surface area contributed by atoms with Crippen LogP contribution >= 0.6 is 39.3 Å². The summed E-state index contributed by atoms with van der Waals surface area (Å²) in [5, 5.41) is 0.0824. The third-order valence-electron chi connectivity index (χ3n) is 4.57. The van der Waals surface area contributed by atoms with Crippen molar-refractivity contribution in [2.45, 2.75) is 32.9 Å². The second-order valence-corrected chi connectivity index (χ2v) is 9.08. The smallest absolute Gasteiger partial charge is 0.293 e. The monoisotopic (exact) mass is 509 g/mol. The Hall–Kier alpha value is -1.96. The van der Waals surface area contributed by atoms with Crippen molar-refractivity contribution in [2.75, 3.05) is 7.11 Å². The molecule has 2 aromatic rings. The van der Waals surface area contributed by atoms with E-state index in [1.807, 2.05) is 38.1 Å². The van der Waals surface area contributed by atoms with Gasteiger partial charge in [-0.15, -0.1) is 0 Å². The van der Waals surface area contributed by atoms with E-state index in [0.717, 1.165) is 28.2 Å². The maximum Gasteiger partial charge on any atom is 0.293 e. The number of hydrogen-bond donors (Lipinski definition) is 0. The lowest BCUT2D eigenvalue weighted by Gasteiger charge is -2.17. The van der Waals surface area contributed by atoms with Gasteiger partial charge < -0.3 is 9.47 Å². The zero-order valence-corrected chi connectivity index (χ0v) is 19.9. The molecule has 3 rings (SSSR count). The number of benzene rings is 2. The fourth-order valence-electron chi connectivity index (χ4n) is 2.78. The van der Waals surface area contributed by atoms with E-state index < -0.39 is 0 Å². The van der Waals surface area contributed by atoms with E-state index in [-0.39, 0.29) is 23.8 Å². The summed E-state index contributed by atoms with van der Waals surface area (Å²) in [6.07, 6.45) is 2.46. The summed E-state index contributed by atoms with van der Waals surface area (Å²) in [6.45, 7) is 4.19. The Morgan fingerprint density at radius 1 is 1.23 bits per heavy atom. The molecule has 0 bridgehead atoms. The molecule has 5 nitrogen and oxygen atoms in total. The normalized spacial score (nSPS) is 16.3. The molecule has 30 heavy (non-hydrogen) atoms.